The topological polar surface area (TPSA) is 92.2 Å². The highest BCUT2D eigenvalue weighted by Crippen LogP contribution is 2.42. The first-order chi connectivity index (χ1) is 15.8. The van der Waals surface area contributed by atoms with Crippen molar-refractivity contribution in [3.05, 3.63) is 29.6 Å². The number of anilines is 2. The highest BCUT2D eigenvalue weighted by Gasteiger charge is 2.33. The Bertz CT molecular complexity index is 1040. The van der Waals surface area contributed by atoms with Crippen LogP contribution in [0.2, 0.25) is 0 Å². The van der Waals surface area contributed by atoms with E-state index in [0.717, 1.165) is 50.8 Å². The summed E-state index contributed by atoms with van der Waals surface area (Å²) in [5.41, 5.74) is -0.502. The van der Waals surface area contributed by atoms with E-state index >= 15 is 0 Å². The van der Waals surface area contributed by atoms with Gasteiger partial charge in [0.25, 0.3) is 0 Å². The number of aromatic nitrogens is 3. The third-order valence-corrected chi connectivity index (χ3v) is 6.64. The molecule has 4 rings (SSSR count). The molecule has 33 heavy (non-hydrogen) atoms. The molecular formula is C21H25F3N6O2S. The second-order valence-electron chi connectivity index (χ2n) is 8.18. The van der Waals surface area contributed by atoms with Gasteiger partial charge in [0.2, 0.25) is 17.8 Å². The molecule has 2 heterocycles. The maximum atomic E-state index is 13.7. The number of carbonyl (C=O) groups is 2. The standard InChI is InChI=1S/C21H25F3N6O2S/c1-12(19(32)25-11-16(31)26-15-8-7-14(22)17(23)18(15)24)33-21-28-27-20(30(21)13-5-6-13)29-9-3-2-4-10-29/h7-8,12-13H,2-6,9-11H2,1H3,(H,25,32)(H,26,31)/t12-/m0/s1. The van der Waals surface area contributed by atoms with Crippen LogP contribution in [0.1, 0.15) is 45.1 Å². The number of nitrogens with one attached hydrogen (secondary N) is 2. The van der Waals surface area contributed by atoms with E-state index in [1.165, 1.54) is 18.2 Å². The summed E-state index contributed by atoms with van der Waals surface area (Å²) in [5.74, 6) is -4.86. The van der Waals surface area contributed by atoms with Crippen LogP contribution in [0.25, 0.3) is 0 Å². The lowest BCUT2D eigenvalue weighted by atomic mass is 10.1. The number of benzene rings is 1. The number of amides is 2. The van der Waals surface area contributed by atoms with Crippen LogP contribution < -0.4 is 15.5 Å². The molecule has 1 aromatic carbocycles. The van der Waals surface area contributed by atoms with Gasteiger partial charge in [0, 0.05) is 19.1 Å². The quantitative estimate of drug-likeness (QED) is 0.443. The van der Waals surface area contributed by atoms with E-state index < -0.39 is 46.7 Å². The molecule has 2 amide bonds. The molecule has 1 saturated carbocycles. The van der Waals surface area contributed by atoms with Gasteiger partial charge in [-0.3, -0.25) is 14.2 Å². The SMILES string of the molecule is C[C@H](Sc1nnc(N2CCCCC2)n1C1CC1)C(=O)NCC(=O)Nc1ccc(F)c(F)c1F. The van der Waals surface area contributed by atoms with Crippen molar-refractivity contribution in [2.24, 2.45) is 0 Å². The van der Waals surface area contributed by atoms with E-state index in [-0.39, 0.29) is 0 Å². The molecule has 2 N–H and O–H groups in total. The summed E-state index contributed by atoms with van der Waals surface area (Å²) in [6.07, 6.45) is 5.55. The number of halogens is 3. The Balaban J connectivity index is 1.33. The molecule has 0 unspecified atom stereocenters. The van der Waals surface area contributed by atoms with Crippen molar-refractivity contribution in [1.82, 2.24) is 20.1 Å². The second-order valence-corrected chi connectivity index (χ2v) is 9.49. The number of nitrogens with zero attached hydrogens (tertiary/aromatic N) is 4. The van der Waals surface area contributed by atoms with Crippen LogP contribution >= 0.6 is 11.8 Å². The molecule has 0 bridgehead atoms. The lowest BCUT2D eigenvalue weighted by Gasteiger charge is -2.28. The van der Waals surface area contributed by atoms with Crippen LogP contribution in [0.15, 0.2) is 17.3 Å². The zero-order valence-corrected chi connectivity index (χ0v) is 18.9. The van der Waals surface area contributed by atoms with Gasteiger partial charge in [0.05, 0.1) is 17.5 Å². The Kier molecular flexibility index (Phi) is 7.11. The van der Waals surface area contributed by atoms with Gasteiger partial charge in [-0.15, -0.1) is 10.2 Å². The summed E-state index contributed by atoms with van der Waals surface area (Å²) in [5, 5.41) is 13.4. The molecular weight excluding hydrogens is 457 g/mol. The number of hydrogen-bond donors (Lipinski definition) is 2. The fraction of sp³-hybridized carbons (Fsp3) is 0.524. The van der Waals surface area contributed by atoms with Crippen molar-refractivity contribution in [3.63, 3.8) is 0 Å². The summed E-state index contributed by atoms with van der Waals surface area (Å²) in [6.45, 7) is 3.13. The predicted octanol–water partition coefficient (Wildman–Crippen LogP) is 3.26. The van der Waals surface area contributed by atoms with Crippen LogP contribution in [0, 0.1) is 17.5 Å². The van der Waals surface area contributed by atoms with E-state index in [1.54, 1.807) is 6.92 Å². The third kappa shape index (κ3) is 5.43. The van der Waals surface area contributed by atoms with Crippen molar-refractivity contribution in [3.8, 4) is 0 Å². The average molecular weight is 483 g/mol. The van der Waals surface area contributed by atoms with E-state index in [0.29, 0.717) is 17.3 Å². The maximum absolute atomic E-state index is 13.7. The Morgan fingerprint density at radius 1 is 1.12 bits per heavy atom. The molecule has 0 radical (unpaired) electrons. The van der Waals surface area contributed by atoms with Crippen LogP contribution in [-0.4, -0.2) is 51.5 Å². The molecule has 1 saturated heterocycles. The Morgan fingerprint density at radius 3 is 2.55 bits per heavy atom. The molecule has 1 atom stereocenters. The molecule has 8 nitrogen and oxygen atoms in total. The fourth-order valence-corrected chi connectivity index (χ4v) is 4.59. The minimum atomic E-state index is -1.68. The average Bonchev–Trinajstić information content (AvgIpc) is 3.58. The summed E-state index contributed by atoms with van der Waals surface area (Å²) < 4.78 is 42.1. The number of rotatable bonds is 8. The first-order valence-electron chi connectivity index (χ1n) is 10.9. The van der Waals surface area contributed by atoms with Crippen LogP contribution in [0.4, 0.5) is 24.8 Å². The molecule has 0 spiro atoms. The maximum Gasteiger partial charge on any atom is 0.243 e. The summed E-state index contributed by atoms with van der Waals surface area (Å²) in [6, 6.07) is 1.96. The second kappa shape index (κ2) is 10.0. The molecule has 2 fully saturated rings. The molecule has 1 aliphatic carbocycles. The summed E-state index contributed by atoms with van der Waals surface area (Å²) in [4.78, 5) is 26.8. The van der Waals surface area contributed by atoms with Gasteiger partial charge in [0.1, 0.15) is 0 Å². The van der Waals surface area contributed by atoms with Crippen molar-refractivity contribution in [2.45, 2.75) is 55.5 Å². The minimum absolute atomic E-state index is 0.339. The normalized spacial score (nSPS) is 17.0. The van der Waals surface area contributed by atoms with Gasteiger partial charge in [0.15, 0.2) is 22.6 Å². The number of carbonyl (C=O) groups excluding carboxylic acids is 2. The summed E-state index contributed by atoms with van der Waals surface area (Å²) >= 11 is 1.26. The van der Waals surface area contributed by atoms with Crippen molar-refractivity contribution >= 4 is 35.2 Å². The van der Waals surface area contributed by atoms with Gasteiger partial charge in [-0.1, -0.05) is 11.8 Å². The van der Waals surface area contributed by atoms with E-state index in [2.05, 4.69) is 30.3 Å². The largest absolute Gasteiger partial charge is 0.346 e. The molecule has 178 valence electrons. The van der Waals surface area contributed by atoms with E-state index in [1.807, 2.05) is 0 Å². The first-order valence-corrected chi connectivity index (χ1v) is 11.8. The minimum Gasteiger partial charge on any atom is -0.346 e. The van der Waals surface area contributed by atoms with Gasteiger partial charge >= 0.3 is 0 Å². The van der Waals surface area contributed by atoms with Crippen molar-refractivity contribution in [2.75, 3.05) is 29.9 Å². The van der Waals surface area contributed by atoms with Gasteiger partial charge in [-0.05, 0) is 51.2 Å². The monoisotopic (exact) mass is 482 g/mol. The molecule has 2 aliphatic rings. The lowest BCUT2D eigenvalue weighted by molar-refractivity contribution is -0.123. The van der Waals surface area contributed by atoms with Gasteiger partial charge < -0.3 is 15.5 Å². The van der Waals surface area contributed by atoms with Gasteiger partial charge in [-0.25, -0.2) is 13.2 Å². The zero-order chi connectivity index (χ0) is 23.5. The number of thioether (sulfide) groups is 1. The molecule has 1 aliphatic heterocycles. The van der Waals surface area contributed by atoms with Gasteiger partial charge in [-0.2, -0.15) is 0 Å². The van der Waals surface area contributed by atoms with Crippen molar-refractivity contribution in [1.29, 1.82) is 0 Å². The predicted molar refractivity (Wildman–Crippen MR) is 118 cm³/mol. The fourth-order valence-electron chi connectivity index (χ4n) is 3.65. The van der Waals surface area contributed by atoms with Crippen molar-refractivity contribution < 1.29 is 22.8 Å². The lowest BCUT2D eigenvalue weighted by Crippen LogP contribution is -2.37. The molecule has 1 aromatic heterocycles. The zero-order valence-electron chi connectivity index (χ0n) is 18.1. The Hall–Kier alpha value is -2.76. The highest BCUT2D eigenvalue weighted by atomic mass is 32.2. The third-order valence-electron chi connectivity index (χ3n) is 5.58. The number of hydrogen-bond acceptors (Lipinski definition) is 6. The number of piperidine rings is 1. The van der Waals surface area contributed by atoms with Crippen LogP contribution in [-0.2, 0) is 9.59 Å². The molecule has 12 heteroatoms. The van der Waals surface area contributed by atoms with Crippen LogP contribution in [0.5, 0.6) is 0 Å². The first kappa shape index (κ1) is 23.4. The van der Waals surface area contributed by atoms with E-state index in [9.17, 15) is 22.8 Å². The molecule has 2 aromatic rings. The Labute approximate surface area is 193 Å². The van der Waals surface area contributed by atoms with E-state index in [4.69, 9.17) is 0 Å². The van der Waals surface area contributed by atoms with Crippen LogP contribution in [0.3, 0.4) is 0 Å². The Morgan fingerprint density at radius 2 is 1.85 bits per heavy atom. The summed E-state index contributed by atoms with van der Waals surface area (Å²) in [7, 11) is 0. The smallest absolute Gasteiger partial charge is 0.243 e. The highest BCUT2D eigenvalue weighted by molar-refractivity contribution is 8.00.